The molecule has 102 valence electrons. The topological polar surface area (TPSA) is 73.0 Å². The van der Waals surface area contributed by atoms with Crippen LogP contribution in [0.4, 0.5) is 5.69 Å². The van der Waals surface area contributed by atoms with Crippen molar-refractivity contribution in [2.24, 2.45) is 0 Å². The van der Waals surface area contributed by atoms with Crippen molar-refractivity contribution >= 4 is 37.1 Å². The van der Waals surface area contributed by atoms with E-state index in [9.17, 15) is 8.42 Å². The second kappa shape index (κ2) is 4.76. The van der Waals surface area contributed by atoms with Crippen molar-refractivity contribution in [1.82, 2.24) is 4.98 Å². The summed E-state index contributed by atoms with van der Waals surface area (Å²) in [6.07, 6.45) is 4.67. The normalized spacial score (nSPS) is 17.9. The van der Waals surface area contributed by atoms with Gasteiger partial charge in [0.25, 0.3) is 0 Å². The van der Waals surface area contributed by atoms with E-state index < -0.39 is 9.84 Å². The molecule has 0 saturated heterocycles. The largest absolute Gasteiger partial charge is 0.399 e. The Morgan fingerprint density at radius 2 is 1.95 bits per heavy atom. The Bertz CT molecular complexity index is 701. The van der Waals surface area contributed by atoms with Crippen molar-refractivity contribution in [2.45, 2.75) is 41.7 Å². The van der Waals surface area contributed by atoms with E-state index in [4.69, 9.17) is 5.73 Å². The summed E-state index contributed by atoms with van der Waals surface area (Å²) in [5.74, 6) is 0. The number of thiazole rings is 1. The Kier molecular flexibility index (Phi) is 3.22. The van der Waals surface area contributed by atoms with E-state index in [2.05, 4.69) is 4.98 Å². The summed E-state index contributed by atoms with van der Waals surface area (Å²) in [6, 6.07) is 5.31. The van der Waals surface area contributed by atoms with E-state index >= 15 is 0 Å². The lowest BCUT2D eigenvalue weighted by Crippen LogP contribution is -2.23. The van der Waals surface area contributed by atoms with Crippen LogP contribution in [0.25, 0.3) is 10.2 Å². The van der Waals surface area contributed by atoms with Crippen molar-refractivity contribution in [3.8, 4) is 0 Å². The molecule has 1 aromatic carbocycles. The van der Waals surface area contributed by atoms with Gasteiger partial charge >= 0.3 is 0 Å². The summed E-state index contributed by atoms with van der Waals surface area (Å²) in [4.78, 5) is 4.28. The number of aromatic nitrogens is 1. The summed E-state index contributed by atoms with van der Waals surface area (Å²) < 4.78 is 26.2. The molecule has 1 aromatic heterocycles. The number of benzene rings is 1. The van der Waals surface area contributed by atoms with Crippen LogP contribution < -0.4 is 5.73 Å². The zero-order chi connectivity index (χ0) is 13.5. The maximum Gasteiger partial charge on any atom is 0.210 e. The molecule has 2 aromatic rings. The van der Waals surface area contributed by atoms with Crippen molar-refractivity contribution < 1.29 is 8.42 Å². The number of nitrogen functional groups attached to an aromatic ring is 1. The van der Waals surface area contributed by atoms with Gasteiger partial charge in [0.1, 0.15) is 0 Å². The van der Waals surface area contributed by atoms with Gasteiger partial charge in [-0.2, -0.15) is 0 Å². The molecule has 0 unspecified atom stereocenters. The predicted molar refractivity (Wildman–Crippen MR) is 78.1 cm³/mol. The smallest absolute Gasteiger partial charge is 0.210 e. The first-order valence-electron chi connectivity index (χ1n) is 6.47. The van der Waals surface area contributed by atoms with Crippen molar-refractivity contribution in [3.63, 3.8) is 0 Å². The highest BCUT2D eigenvalue weighted by atomic mass is 32.2. The summed E-state index contributed by atoms with van der Waals surface area (Å²) >= 11 is 1.23. The molecule has 0 aliphatic heterocycles. The molecular formula is C13H16N2O2S2. The summed E-state index contributed by atoms with van der Waals surface area (Å²) in [7, 11) is -3.27. The Morgan fingerprint density at radius 1 is 1.21 bits per heavy atom. The fourth-order valence-electron chi connectivity index (χ4n) is 2.56. The third kappa shape index (κ3) is 2.34. The van der Waals surface area contributed by atoms with Gasteiger partial charge in [-0.15, -0.1) is 11.3 Å². The Balaban J connectivity index is 2.02. The average Bonchev–Trinajstić information content (AvgIpc) is 2.83. The predicted octanol–water partition coefficient (Wildman–Crippen LogP) is 2.98. The monoisotopic (exact) mass is 296 g/mol. The molecule has 1 fully saturated rings. The third-order valence-corrected chi connectivity index (χ3v) is 7.31. The van der Waals surface area contributed by atoms with Gasteiger partial charge in [-0.05, 0) is 31.0 Å². The number of nitrogens with zero attached hydrogens (tertiary/aromatic N) is 1. The second-order valence-electron chi connectivity index (χ2n) is 5.01. The molecule has 0 bridgehead atoms. The first kappa shape index (κ1) is 12.9. The highest BCUT2D eigenvalue weighted by molar-refractivity contribution is 7.94. The van der Waals surface area contributed by atoms with E-state index in [1.807, 2.05) is 0 Å². The van der Waals surface area contributed by atoms with Gasteiger partial charge in [-0.3, -0.25) is 0 Å². The van der Waals surface area contributed by atoms with Crippen molar-refractivity contribution in [1.29, 1.82) is 0 Å². The second-order valence-corrected chi connectivity index (χ2v) is 8.44. The lowest BCUT2D eigenvalue weighted by molar-refractivity contribution is 0.483. The molecule has 3 rings (SSSR count). The van der Waals surface area contributed by atoms with Crippen LogP contribution in [0.3, 0.4) is 0 Å². The molecule has 1 heterocycles. The lowest BCUT2D eigenvalue weighted by atomic mass is 10.0. The number of rotatable bonds is 2. The fourth-order valence-corrected chi connectivity index (χ4v) is 5.91. The first-order valence-corrected chi connectivity index (χ1v) is 8.83. The van der Waals surface area contributed by atoms with E-state index in [1.165, 1.54) is 11.3 Å². The molecule has 2 N–H and O–H groups in total. The fraction of sp³-hybridized carbons (Fsp3) is 0.462. The molecule has 1 aliphatic carbocycles. The third-order valence-electron chi connectivity index (χ3n) is 3.63. The van der Waals surface area contributed by atoms with Crippen LogP contribution in [0, 0.1) is 0 Å². The van der Waals surface area contributed by atoms with Gasteiger partial charge in [0.15, 0.2) is 0 Å². The zero-order valence-electron chi connectivity index (χ0n) is 10.5. The van der Waals surface area contributed by atoms with E-state index in [1.54, 1.807) is 18.2 Å². The van der Waals surface area contributed by atoms with Crippen LogP contribution in [0.1, 0.15) is 32.1 Å². The number of hydrogen-bond donors (Lipinski definition) is 1. The maximum absolute atomic E-state index is 12.6. The molecule has 4 nitrogen and oxygen atoms in total. The van der Waals surface area contributed by atoms with E-state index in [0.29, 0.717) is 11.2 Å². The Hall–Kier alpha value is -1.14. The highest BCUT2D eigenvalue weighted by Crippen LogP contribution is 2.33. The standard InChI is InChI=1S/C13H16N2O2S2/c14-9-6-7-11-12(8-9)18-13(15-11)19(16,17)10-4-2-1-3-5-10/h6-8,10H,1-5,14H2. The molecule has 0 spiro atoms. The van der Waals surface area contributed by atoms with E-state index in [0.717, 1.165) is 36.8 Å². The minimum absolute atomic E-state index is 0.250. The van der Waals surface area contributed by atoms with Gasteiger partial charge in [0.05, 0.1) is 15.5 Å². The van der Waals surface area contributed by atoms with Gasteiger partial charge in [-0.25, -0.2) is 13.4 Å². The number of nitrogens with two attached hydrogens (primary N) is 1. The Morgan fingerprint density at radius 3 is 2.68 bits per heavy atom. The van der Waals surface area contributed by atoms with Gasteiger partial charge in [0, 0.05) is 5.69 Å². The van der Waals surface area contributed by atoms with Crippen LogP contribution in [0.2, 0.25) is 0 Å². The Labute approximate surface area is 116 Å². The van der Waals surface area contributed by atoms with Crippen LogP contribution in [-0.2, 0) is 9.84 Å². The molecule has 0 atom stereocenters. The summed E-state index contributed by atoms with van der Waals surface area (Å²) in [5.41, 5.74) is 7.07. The zero-order valence-corrected chi connectivity index (χ0v) is 12.1. The summed E-state index contributed by atoms with van der Waals surface area (Å²) in [6.45, 7) is 0. The van der Waals surface area contributed by atoms with Crippen LogP contribution in [0.5, 0.6) is 0 Å². The van der Waals surface area contributed by atoms with E-state index in [-0.39, 0.29) is 9.59 Å². The number of hydrogen-bond acceptors (Lipinski definition) is 5. The number of sulfone groups is 1. The minimum Gasteiger partial charge on any atom is -0.399 e. The van der Waals surface area contributed by atoms with Crippen molar-refractivity contribution in [2.75, 3.05) is 5.73 Å². The number of anilines is 1. The van der Waals surface area contributed by atoms with Crippen LogP contribution in [0.15, 0.2) is 22.5 Å². The molecule has 0 radical (unpaired) electrons. The minimum atomic E-state index is -3.27. The number of fused-ring (bicyclic) bond motifs is 1. The molecule has 1 saturated carbocycles. The molecule has 1 aliphatic rings. The van der Waals surface area contributed by atoms with Crippen molar-refractivity contribution in [3.05, 3.63) is 18.2 Å². The van der Waals surface area contributed by atoms with Crippen LogP contribution >= 0.6 is 11.3 Å². The first-order chi connectivity index (χ1) is 9.07. The maximum atomic E-state index is 12.6. The van der Waals surface area contributed by atoms with Gasteiger partial charge in [-0.1, -0.05) is 19.3 Å². The molecular weight excluding hydrogens is 280 g/mol. The quantitative estimate of drug-likeness (QED) is 0.865. The average molecular weight is 296 g/mol. The summed E-state index contributed by atoms with van der Waals surface area (Å²) in [5, 5.41) is -0.251. The molecule has 0 amide bonds. The lowest BCUT2D eigenvalue weighted by Gasteiger charge is -2.20. The van der Waals surface area contributed by atoms with Crippen LogP contribution in [-0.4, -0.2) is 18.7 Å². The molecule has 19 heavy (non-hydrogen) atoms. The SMILES string of the molecule is Nc1ccc2nc(S(=O)(=O)C3CCCCC3)sc2c1. The van der Waals surface area contributed by atoms with Gasteiger partial charge in [0.2, 0.25) is 14.2 Å². The van der Waals surface area contributed by atoms with Gasteiger partial charge < -0.3 is 5.73 Å². The molecule has 6 heteroatoms. The highest BCUT2D eigenvalue weighted by Gasteiger charge is 2.31.